The summed E-state index contributed by atoms with van der Waals surface area (Å²) in [4.78, 5) is 22.4. The van der Waals surface area contributed by atoms with E-state index in [1.165, 1.54) is 0 Å². The summed E-state index contributed by atoms with van der Waals surface area (Å²) < 4.78 is 0. The number of amides is 1. The lowest BCUT2D eigenvalue weighted by molar-refractivity contribution is -0.384. The first-order chi connectivity index (χ1) is 12.1. The quantitative estimate of drug-likeness (QED) is 0.529. The summed E-state index contributed by atoms with van der Waals surface area (Å²) in [6.45, 7) is 0.471. The van der Waals surface area contributed by atoms with Crippen LogP contribution in [0.1, 0.15) is 18.4 Å². The first kappa shape index (κ1) is 16.8. The number of hydrogen-bond donors (Lipinski definition) is 3. The van der Waals surface area contributed by atoms with Crippen LogP contribution in [0.15, 0.2) is 42.5 Å². The van der Waals surface area contributed by atoms with Crippen LogP contribution in [0.4, 0.5) is 22.7 Å². The van der Waals surface area contributed by atoms with Crippen molar-refractivity contribution in [2.24, 2.45) is 5.92 Å². The highest BCUT2D eigenvalue weighted by molar-refractivity contribution is 5.94. The number of nitrogens with one attached hydrogen (secondary N) is 3. The molecular weight excluding hydrogens is 320 g/mol. The monoisotopic (exact) mass is 340 g/mol. The normalized spacial score (nSPS) is 13.2. The van der Waals surface area contributed by atoms with Gasteiger partial charge in [-0.2, -0.15) is 0 Å². The second-order valence-electron chi connectivity index (χ2n) is 6.05. The minimum absolute atomic E-state index is 0.0555. The Morgan fingerprint density at radius 2 is 1.84 bits per heavy atom. The number of nitrogens with zero attached hydrogens (tertiary/aromatic N) is 1. The summed E-state index contributed by atoms with van der Waals surface area (Å²) in [5.41, 5.74) is 3.02. The van der Waals surface area contributed by atoms with Crippen molar-refractivity contribution in [2.75, 3.05) is 23.0 Å². The van der Waals surface area contributed by atoms with E-state index in [0.717, 1.165) is 29.8 Å². The van der Waals surface area contributed by atoms with E-state index < -0.39 is 4.92 Å². The molecule has 1 saturated carbocycles. The van der Waals surface area contributed by atoms with E-state index in [0.29, 0.717) is 12.2 Å². The average Bonchev–Trinajstić information content (AvgIpc) is 3.46. The van der Waals surface area contributed by atoms with E-state index >= 15 is 0 Å². The Morgan fingerprint density at radius 3 is 2.44 bits per heavy atom. The highest BCUT2D eigenvalue weighted by Gasteiger charge is 2.29. The molecule has 3 N–H and O–H groups in total. The van der Waals surface area contributed by atoms with Crippen LogP contribution >= 0.6 is 0 Å². The van der Waals surface area contributed by atoms with Crippen LogP contribution in [0.25, 0.3) is 0 Å². The fourth-order valence-electron chi connectivity index (χ4n) is 2.52. The fourth-order valence-corrected chi connectivity index (χ4v) is 2.52. The Bertz CT molecular complexity index is 785. The van der Waals surface area contributed by atoms with Crippen LogP contribution in [0.3, 0.4) is 0 Å². The van der Waals surface area contributed by atoms with Crippen molar-refractivity contribution in [2.45, 2.75) is 19.4 Å². The molecule has 0 aliphatic heterocycles. The molecule has 0 aromatic heterocycles. The summed E-state index contributed by atoms with van der Waals surface area (Å²) in [6, 6.07) is 12.5. The largest absolute Gasteiger partial charge is 0.383 e. The molecule has 1 fully saturated rings. The molecule has 1 aliphatic rings. The molecule has 3 rings (SSSR count). The van der Waals surface area contributed by atoms with Crippen molar-refractivity contribution in [3.63, 3.8) is 0 Å². The highest BCUT2D eigenvalue weighted by atomic mass is 16.6. The van der Waals surface area contributed by atoms with Gasteiger partial charge in [-0.25, -0.2) is 0 Å². The third kappa shape index (κ3) is 4.26. The van der Waals surface area contributed by atoms with Crippen LogP contribution in [0, 0.1) is 16.0 Å². The van der Waals surface area contributed by atoms with Gasteiger partial charge >= 0.3 is 0 Å². The zero-order valence-electron chi connectivity index (χ0n) is 13.9. The first-order valence-corrected chi connectivity index (χ1v) is 8.16. The van der Waals surface area contributed by atoms with E-state index in [2.05, 4.69) is 16.0 Å². The lowest BCUT2D eigenvalue weighted by atomic mass is 10.1. The predicted molar refractivity (Wildman–Crippen MR) is 97.8 cm³/mol. The van der Waals surface area contributed by atoms with Gasteiger partial charge in [0.25, 0.3) is 5.69 Å². The Hall–Kier alpha value is -3.09. The molecule has 0 saturated heterocycles. The maximum Gasteiger partial charge on any atom is 0.292 e. The minimum atomic E-state index is -0.396. The Balaban J connectivity index is 1.60. The maximum absolute atomic E-state index is 11.7. The number of anilines is 3. The van der Waals surface area contributed by atoms with E-state index in [-0.39, 0.29) is 17.5 Å². The topological polar surface area (TPSA) is 96.3 Å². The van der Waals surface area contributed by atoms with Crippen molar-refractivity contribution in [3.8, 4) is 0 Å². The minimum Gasteiger partial charge on any atom is -0.383 e. The van der Waals surface area contributed by atoms with Gasteiger partial charge in [-0.1, -0.05) is 6.07 Å². The van der Waals surface area contributed by atoms with Gasteiger partial charge in [0.1, 0.15) is 5.69 Å². The van der Waals surface area contributed by atoms with Crippen molar-refractivity contribution < 1.29 is 9.72 Å². The molecule has 2 aromatic rings. The third-order valence-electron chi connectivity index (χ3n) is 4.13. The number of benzene rings is 2. The Kier molecular flexibility index (Phi) is 4.83. The molecular formula is C18H20N4O3. The van der Waals surface area contributed by atoms with Crippen LogP contribution < -0.4 is 16.0 Å². The van der Waals surface area contributed by atoms with Gasteiger partial charge in [-0.15, -0.1) is 0 Å². The van der Waals surface area contributed by atoms with Crippen molar-refractivity contribution in [1.82, 2.24) is 0 Å². The maximum atomic E-state index is 11.7. The molecule has 1 amide bonds. The van der Waals surface area contributed by atoms with Crippen molar-refractivity contribution >= 4 is 28.7 Å². The van der Waals surface area contributed by atoms with Crippen molar-refractivity contribution in [1.29, 1.82) is 0 Å². The summed E-state index contributed by atoms with van der Waals surface area (Å²) in [5.74, 6) is 0.256. The molecule has 25 heavy (non-hydrogen) atoms. The molecule has 0 radical (unpaired) electrons. The molecule has 0 heterocycles. The highest BCUT2D eigenvalue weighted by Crippen LogP contribution is 2.30. The van der Waals surface area contributed by atoms with E-state index in [1.807, 2.05) is 30.3 Å². The molecule has 130 valence electrons. The number of rotatable bonds is 7. The molecule has 1 aliphatic carbocycles. The number of nitro benzene ring substituents is 1. The van der Waals surface area contributed by atoms with Crippen LogP contribution in [0.2, 0.25) is 0 Å². The molecule has 0 atom stereocenters. The van der Waals surface area contributed by atoms with Gasteiger partial charge in [-0.05, 0) is 48.7 Å². The second-order valence-corrected chi connectivity index (χ2v) is 6.05. The molecule has 0 bridgehead atoms. The zero-order chi connectivity index (χ0) is 17.8. The summed E-state index contributed by atoms with van der Waals surface area (Å²) in [7, 11) is 1.66. The molecule has 2 aromatic carbocycles. The first-order valence-electron chi connectivity index (χ1n) is 8.16. The smallest absolute Gasteiger partial charge is 0.292 e. The predicted octanol–water partition coefficient (Wildman–Crippen LogP) is 3.60. The molecule has 0 spiro atoms. The van der Waals surface area contributed by atoms with Crippen LogP contribution in [0.5, 0.6) is 0 Å². The number of nitro groups is 1. The van der Waals surface area contributed by atoms with E-state index in [9.17, 15) is 14.9 Å². The molecule has 0 unspecified atom stereocenters. The Labute approximate surface area is 145 Å². The van der Waals surface area contributed by atoms with Crippen LogP contribution in [-0.4, -0.2) is 17.9 Å². The lowest BCUT2D eigenvalue weighted by Gasteiger charge is -2.10. The fraction of sp³-hybridized carbons (Fsp3) is 0.278. The van der Waals surface area contributed by atoms with E-state index in [1.54, 1.807) is 19.2 Å². The number of carbonyl (C=O) groups is 1. The van der Waals surface area contributed by atoms with Gasteiger partial charge in [0, 0.05) is 37.0 Å². The van der Waals surface area contributed by atoms with Crippen LogP contribution in [-0.2, 0) is 11.3 Å². The second kappa shape index (κ2) is 7.21. The summed E-state index contributed by atoms with van der Waals surface area (Å²) in [5, 5.41) is 20.0. The summed E-state index contributed by atoms with van der Waals surface area (Å²) >= 11 is 0. The molecule has 7 nitrogen and oxygen atoms in total. The van der Waals surface area contributed by atoms with E-state index in [4.69, 9.17) is 0 Å². The van der Waals surface area contributed by atoms with Gasteiger partial charge in [-0.3, -0.25) is 14.9 Å². The average molecular weight is 340 g/mol. The van der Waals surface area contributed by atoms with Crippen molar-refractivity contribution in [3.05, 3.63) is 58.1 Å². The SMILES string of the molecule is CNc1ccc(CNc2ccc(NC(=O)C3CC3)cc2)cc1[N+](=O)[O-]. The van der Waals surface area contributed by atoms with Gasteiger partial charge < -0.3 is 16.0 Å². The van der Waals surface area contributed by atoms with Gasteiger partial charge in [0.05, 0.1) is 4.92 Å². The zero-order valence-corrected chi connectivity index (χ0v) is 13.9. The number of carbonyl (C=O) groups excluding carboxylic acids is 1. The summed E-state index contributed by atoms with van der Waals surface area (Å²) in [6.07, 6.45) is 1.95. The standard InChI is InChI=1S/C18H20N4O3/c1-19-16-9-2-12(10-17(16)22(24)25)11-20-14-5-7-15(8-6-14)21-18(23)13-3-4-13/h2,5-10,13,19-20H,3-4,11H2,1H3,(H,21,23). The van der Waals surface area contributed by atoms with Gasteiger partial charge in [0.2, 0.25) is 5.91 Å². The lowest BCUT2D eigenvalue weighted by Crippen LogP contribution is -2.13. The third-order valence-corrected chi connectivity index (χ3v) is 4.13. The van der Waals surface area contributed by atoms with Gasteiger partial charge in [0.15, 0.2) is 0 Å². The number of hydrogen-bond acceptors (Lipinski definition) is 5. The Morgan fingerprint density at radius 1 is 1.16 bits per heavy atom. The molecule has 7 heteroatoms.